The molecule has 0 saturated heterocycles. The van der Waals surface area contributed by atoms with Crippen molar-refractivity contribution < 1.29 is 19.4 Å². The lowest BCUT2D eigenvalue weighted by atomic mass is 10.0. The number of hydrogen-bond donors (Lipinski definition) is 1. The minimum absolute atomic E-state index is 0.00971. The van der Waals surface area contributed by atoms with Gasteiger partial charge >= 0.3 is 11.9 Å². The summed E-state index contributed by atoms with van der Waals surface area (Å²) in [6.45, 7) is 4.42. The molecular formula is C32H60O4. The Hall–Kier alpha value is -1.32. The maximum absolute atomic E-state index is 12.3. The molecule has 4 heteroatoms. The molecule has 4 nitrogen and oxygen atoms in total. The van der Waals surface area contributed by atoms with Crippen molar-refractivity contribution in [3.05, 3.63) is 12.2 Å². The number of carboxylic acids is 1. The third-order valence-electron chi connectivity index (χ3n) is 6.97. The van der Waals surface area contributed by atoms with E-state index in [1.807, 2.05) is 0 Å². The van der Waals surface area contributed by atoms with Crippen LogP contribution in [0.5, 0.6) is 0 Å². The Kier molecular flexibility index (Phi) is 27.2. The summed E-state index contributed by atoms with van der Waals surface area (Å²) in [7, 11) is 0. The molecule has 0 spiro atoms. The van der Waals surface area contributed by atoms with Gasteiger partial charge in [0.25, 0.3) is 0 Å². The number of allylic oxidation sites excluding steroid dienone is 2. The van der Waals surface area contributed by atoms with Gasteiger partial charge in [0.05, 0.1) is 0 Å². The molecular weight excluding hydrogens is 448 g/mol. The number of aliphatic carboxylic acids is 1. The Morgan fingerprint density at radius 2 is 1.06 bits per heavy atom. The molecule has 0 aliphatic rings. The number of carboxylic acid groups (broad SMARTS) is 1. The van der Waals surface area contributed by atoms with E-state index in [1.54, 1.807) is 0 Å². The highest BCUT2D eigenvalue weighted by Gasteiger charge is 2.13. The van der Waals surface area contributed by atoms with Gasteiger partial charge in [-0.25, -0.2) is 0 Å². The maximum Gasteiger partial charge on any atom is 0.306 e. The first-order chi connectivity index (χ1) is 17.6. The Balaban J connectivity index is 3.59. The van der Waals surface area contributed by atoms with Crippen molar-refractivity contribution >= 4 is 11.9 Å². The normalized spacial score (nSPS) is 12.3. The zero-order valence-electron chi connectivity index (χ0n) is 24.1. The van der Waals surface area contributed by atoms with Crippen LogP contribution in [0.4, 0.5) is 0 Å². The molecule has 0 bridgehead atoms. The molecule has 0 aromatic heterocycles. The molecule has 0 heterocycles. The summed E-state index contributed by atoms with van der Waals surface area (Å²) in [6, 6.07) is 0. The molecule has 0 aromatic carbocycles. The van der Waals surface area contributed by atoms with Crippen molar-refractivity contribution in [2.45, 2.75) is 180 Å². The Morgan fingerprint density at radius 1 is 0.583 bits per heavy atom. The molecule has 1 atom stereocenters. The summed E-state index contributed by atoms with van der Waals surface area (Å²) < 4.78 is 5.79. The standard InChI is InChI=1S/C32H60O4/c1-3-5-6-7-8-9-10-11-12-13-14-15-19-22-25-29-32(35)36-30(26-4-2)27-23-20-17-16-18-21-24-28-31(33)34/h11-12,30H,3-10,13-29H2,1-2H3,(H,33,34)/b12-11-. The predicted octanol–water partition coefficient (Wildman–Crippen LogP) is 10.3. The molecule has 1 unspecified atom stereocenters. The van der Waals surface area contributed by atoms with E-state index < -0.39 is 5.97 Å². The van der Waals surface area contributed by atoms with Crippen molar-refractivity contribution in [3.8, 4) is 0 Å². The van der Waals surface area contributed by atoms with Crippen LogP contribution in [0.1, 0.15) is 174 Å². The Morgan fingerprint density at radius 3 is 1.58 bits per heavy atom. The molecule has 0 radical (unpaired) electrons. The number of rotatable bonds is 28. The number of unbranched alkanes of at least 4 members (excludes halogenated alkanes) is 17. The van der Waals surface area contributed by atoms with Crippen LogP contribution in [0.2, 0.25) is 0 Å². The molecule has 0 aliphatic carbocycles. The minimum atomic E-state index is -0.691. The van der Waals surface area contributed by atoms with Gasteiger partial charge in [-0.2, -0.15) is 0 Å². The number of hydrogen-bond acceptors (Lipinski definition) is 3. The number of carbonyl (C=O) groups excluding carboxylic acids is 1. The molecule has 36 heavy (non-hydrogen) atoms. The van der Waals surface area contributed by atoms with E-state index >= 15 is 0 Å². The van der Waals surface area contributed by atoms with Crippen molar-refractivity contribution in [3.63, 3.8) is 0 Å². The molecule has 0 saturated carbocycles. The highest BCUT2D eigenvalue weighted by molar-refractivity contribution is 5.69. The van der Waals surface area contributed by atoms with Crippen LogP contribution in [-0.2, 0) is 14.3 Å². The van der Waals surface area contributed by atoms with Gasteiger partial charge < -0.3 is 9.84 Å². The van der Waals surface area contributed by atoms with Gasteiger partial charge in [0.15, 0.2) is 0 Å². The summed E-state index contributed by atoms with van der Waals surface area (Å²) >= 11 is 0. The van der Waals surface area contributed by atoms with Crippen molar-refractivity contribution in [2.24, 2.45) is 0 Å². The zero-order chi connectivity index (χ0) is 26.5. The van der Waals surface area contributed by atoms with Crippen LogP contribution in [0, 0.1) is 0 Å². The first kappa shape index (κ1) is 34.7. The van der Waals surface area contributed by atoms with E-state index in [0.717, 1.165) is 57.8 Å². The number of esters is 1. The van der Waals surface area contributed by atoms with Crippen LogP contribution < -0.4 is 0 Å². The number of ether oxygens (including phenoxy) is 1. The summed E-state index contributed by atoms with van der Waals surface area (Å²) in [5.74, 6) is -0.701. The van der Waals surface area contributed by atoms with Gasteiger partial charge in [-0.1, -0.05) is 116 Å². The van der Waals surface area contributed by atoms with Gasteiger partial charge in [0.1, 0.15) is 6.10 Å². The third kappa shape index (κ3) is 27.3. The monoisotopic (exact) mass is 508 g/mol. The SMILES string of the molecule is CCCCCCCC/C=C\CCCCCCCC(=O)OC(CCC)CCCCCCCCCC(=O)O. The molecule has 0 aliphatic heterocycles. The first-order valence-electron chi connectivity index (χ1n) is 15.7. The summed E-state index contributed by atoms with van der Waals surface area (Å²) in [5.41, 5.74) is 0. The molecule has 212 valence electrons. The third-order valence-corrected chi connectivity index (χ3v) is 6.97. The summed E-state index contributed by atoms with van der Waals surface area (Å²) in [6.07, 6.45) is 32.7. The van der Waals surface area contributed by atoms with Crippen molar-refractivity contribution in [1.29, 1.82) is 0 Å². The second kappa shape index (κ2) is 28.3. The van der Waals surface area contributed by atoms with E-state index in [-0.39, 0.29) is 12.1 Å². The Bertz CT molecular complexity index is 514. The van der Waals surface area contributed by atoms with Gasteiger partial charge in [-0.3, -0.25) is 9.59 Å². The van der Waals surface area contributed by atoms with E-state index in [1.165, 1.54) is 89.9 Å². The molecule has 0 fully saturated rings. The van der Waals surface area contributed by atoms with Crippen molar-refractivity contribution in [1.82, 2.24) is 0 Å². The smallest absolute Gasteiger partial charge is 0.306 e. The summed E-state index contributed by atoms with van der Waals surface area (Å²) in [4.78, 5) is 22.8. The fraction of sp³-hybridized carbons (Fsp3) is 0.875. The van der Waals surface area contributed by atoms with E-state index in [2.05, 4.69) is 26.0 Å². The number of carbonyl (C=O) groups is 2. The topological polar surface area (TPSA) is 63.6 Å². The quantitative estimate of drug-likeness (QED) is 0.0648. The van der Waals surface area contributed by atoms with E-state index in [0.29, 0.717) is 12.8 Å². The van der Waals surface area contributed by atoms with Gasteiger partial charge in [-0.05, 0) is 57.8 Å². The highest BCUT2D eigenvalue weighted by Crippen LogP contribution is 2.16. The highest BCUT2D eigenvalue weighted by atomic mass is 16.5. The Labute approximate surface area is 224 Å². The van der Waals surface area contributed by atoms with Crippen LogP contribution in [0.3, 0.4) is 0 Å². The second-order valence-electron chi connectivity index (χ2n) is 10.6. The van der Waals surface area contributed by atoms with Crippen molar-refractivity contribution in [2.75, 3.05) is 0 Å². The van der Waals surface area contributed by atoms with Gasteiger partial charge in [-0.15, -0.1) is 0 Å². The van der Waals surface area contributed by atoms with E-state index in [4.69, 9.17) is 9.84 Å². The average molecular weight is 509 g/mol. The molecule has 1 N–H and O–H groups in total. The van der Waals surface area contributed by atoms with E-state index in [9.17, 15) is 9.59 Å². The largest absolute Gasteiger partial charge is 0.481 e. The lowest BCUT2D eigenvalue weighted by Gasteiger charge is -2.17. The predicted molar refractivity (Wildman–Crippen MR) is 153 cm³/mol. The average Bonchev–Trinajstić information content (AvgIpc) is 2.85. The zero-order valence-corrected chi connectivity index (χ0v) is 24.1. The van der Waals surface area contributed by atoms with Crippen LogP contribution >= 0.6 is 0 Å². The fourth-order valence-electron chi connectivity index (χ4n) is 4.70. The van der Waals surface area contributed by atoms with Gasteiger partial charge in [0, 0.05) is 12.8 Å². The first-order valence-corrected chi connectivity index (χ1v) is 15.7. The molecule has 0 amide bonds. The minimum Gasteiger partial charge on any atom is -0.481 e. The summed E-state index contributed by atoms with van der Waals surface area (Å²) in [5, 5.41) is 8.66. The fourth-order valence-corrected chi connectivity index (χ4v) is 4.70. The molecule has 0 aromatic rings. The maximum atomic E-state index is 12.3. The van der Waals surface area contributed by atoms with Crippen LogP contribution in [0.25, 0.3) is 0 Å². The van der Waals surface area contributed by atoms with Crippen LogP contribution in [-0.4, -0.2) is 23.1 Å². The lowest BCUT2D eigenvalue weighted by Crippen LogP contribution is -2.18. The second-order valence-corrected chi connectivity index (χ2v) is 10.6. The molecule has 0 rings (SSSR count). The van der Waals surface area contributed by atoms with Crippen LogP contribution in [0.15, 0.2) is 12.2 Å². The lowest BCUT2D eigenvalue weighted by molar-refractivity contribution is -0.150. The van der Waals surface area contributed by atoms with Gasteiger partial charge in [0.2, 0.25) is 0 Å².